The molecule has 0 atom stereocenters. The van der Waals surface area contributed by atoms with E-state index in [4.69, 9.17) is 4.74 Å². The number of pyridine rings is 1. The minimum Gasteiger partial charge on any atom is -0.462 e. The molecule has 0 aliphatic carbocycles. The first-order valence-electron chi connectivity index (χ1n) is 9.43. The van der Waals surface area contributed by atoms with Gasteiger partial charge in [-0.15, -0.1) is 0 Å². The van der Waals surface area contributed by atoms with Crippen LogP contribution in [0.2, 0.25) is 0 Å². The topological polar surface area (TPSA) is 88.6 Å². The fourth-order valence-corrected chi connectivity index (χ4v) is 3.04. The van der Waals surface area contributed by atoms with Gasteiger partial charge in [0.25, 0.3) is 11.8 Å². The summed E-state index contributed by atoms with van der Waals surface area (Å²) in [5.74, 6) is -0.976. The number of piperidine rings is 1. The lowest BCUT2D eigenvalue weighted by molar-refractivity contribution is 0.0526. The summed E-state index contributed by atoms with van der Waals surface area (Å²) in [6, 6.07) is 11.2. The van der Waals surface area contributed by atoms with Gasteiger partial charge in [-0.05, 0) is 62.6 Å². The number of hydrogen-bond acceptors (Lipinski definition) is 5. The van der Waals surface area contributed by atoms with Gasteiger partial charge in [0.1, 0.15) is 11.4 Å². The summed E-state index contributed by atoms with van der Waals surface area (Å²) in [6.07, 6.45) is 3.12. The molecule has 146 valence electrons. The number of anilines is 1. The molecule has 1 aromatic heterocycles. The Morgan fingerprint density at radius 1 is 1.00 bits per heavy atom. The van der Waals surface area contributed by atoms with E-state index in [9.17, 15) is 14.4 Å². The molecule has 0 spiro atoms. The van der Waals surface area contributed by atoms with Gasteiger partial charge < -0.3 is 15.0 Å². The monoisotopic (exact) mass is 381 g/mol. The van der Waals surface area contributed by atoms with Crippen molar-refractivity contribution in [3.63, 3.8) is 0 Å². The van der Waals surface area contributed by atoms with Gasteiger partial charge in [0.05, 0.1) is 12.2 Å². The standard InChI is InChI=1S/C21H23N3O4/c1-2-28-21(27)15-9-11-16(12-10-15)22-19(25)17-7-6-8-18(23-17)20(26)24-13-4-3-5-14-24/h6-12H,2-5,13-14H2,1H3,(H,22,25). The number of carbonyl (C=O) groups is 3. The van der Waals surface area contributed by atoms with Gasteiger partial charge in [0.15, 0.2) is 0 Å². The Morgan fingerprint density at radius 2 is 1.68 bits per heavy atom. The fraction of sp³-hybridized carbons (Fsp3) is 0.333. The number of ether oxygens (including phenoxy) is 1. The maximum atomic E-state index is 12.6. The Kier molecular flexibility index (Phi) is 6.37. The van der Waals surface area contributed by atoms with Gasteiger partial charge in [0.2, 0.25) is 0 Å². The lowest BCUT2D eigenvalue weighted by Crippen LogP contribution is -2.36. The number of rotatable bonds is 5. The second-order valence-electron chi connectivity index (χ2n) is 6.51. The SMILES string of the molecule is CCOC(=O)c1ccc(NC(=O)c2cccc(C(=O)N3CCCCC3)n2)cc1. The van der Waals surface area contributed by atoms with E-state index >= 15 is 0 Å². The lowest BCUT2D eigenvalue weighted by Gasteiger charge is -2.26. The number of aromatic nitrogens is 1. The van der Waals surface area contributed by atoms with Gasteiger partial charge >= 0.3 is 5.97 Å². The van der Waals surface area contributed by atoms with Crippen LogP contribution in [-0.2, 0) is 4.74 Å². The van der Waals surface area contributed by atoms with E-state index in [2.05, 4.69) is 10.3 Å². The van der Waals surface area contributed by atoms with Crippen molar-refractivity contribution < 1.29 is 19.1 Å². The predicted molar refractivity (Wildman–Crippen MR) is 104 cm³/mol. The summed E-state index contributed by atoms with van der Waals surface area (Å²) in [4.78, 5) is 42.8. The molecule has 1 fully saturated rings. The first-order valence-corrected chi connectivity index (χ1v) is 9.43. The largest absolute Gasteiger partial charge is 0.462 e. The third-order valence-electron chi connectivity index (χ3n) is 4.50. The van der Waals surface area contributed by atoms with Crippen LogP contribution in [0.15, 0.2) is 42.5 Å². The van der Waals surface area contributed by atoms with E-state index in [0.29, 0.717) is 17.9 Å². The molecule has 28 heavy (non-hydrogen) atoms. The van der Waals surface area contributed by atoms with Crippen molar-refractivity contribution in [3.8, 4) is 0 Å². The number of amides is 2. The summed E-state index contributed by atoms with van der Waals surface area (Å²) >= 11 is 0. The zero-order chi connectivity index (χ0) is 19.9. The molecule has 7 nitrogen and oxygen atoms in total. The van der Waals surface area contributed by atoms with E-state index in [1.807, 2.05) is 0 Å². The summed E-state index contributed by atoms with van der Waals surface area (Å²) in [6.45, 7) is 3.49. The number of carbonyl (C=O) groups excluding carboxylic acids is 3. The highest BCUT2D eigenvalue weighted by Gasteiger charge is 2.20. The number of hydrogen-bond donors (Lipinski definition) is 1. The summed E-state index contributed by atoms with van der Waals surface area (Å²) in [5, 5.41) is 2.72. The zero-order valence-corrected chi connectivity index (χ0v) is 15.8. The van der Waals surface area contributed by atoms with Crippen molar-refractivity contribution in [2.45, 2.75) is 26.2 Å². The first-order chi connectivity index (χ1) is 13.6. The Balaban J connectivity index is 1.67. The normalized spacial score (nSPS) is 13.7. The molecule has 1 N–H and O–H groups in total. The van der Waals surface area contributed by atoms with E-state index in [0.717, 1.165) is 32.4 Å². The van der Waals surface area contributed by atoms with Crippen LogP contribution in [0.5, 0.6) is 0 Å². The van der Waals surface area contributed by atoms with Crippen LogP contribution < -0.4 is 5.32 Å². The molecule has 2 heterocycles. The highest BCUT2D eigenvalue weighted by molar-refractivity contribution is 6.04. The third kappa shape index (κ3) is 4.73. The molecule has 1 aliphatic rings. The van der Waals surface area contributed by atoms with Crippen molar-refractivity contribution in [2.24, 2.45) is 0 Å². The molecule has 2 amide bonds. The Bertz CT molecular complexity index is 858. The Morgan fingerprint density at radius 3 is 2.36 bits per heavy atom. The Hall–Kier alpha value is -3.22. The number of benzene rings is 1. The molecule has 1 aliphatic heterocycles. The van der Waals surface area contributed by atoms with Crippen LogP contribution in [0.1, 0.15) is 57.5 Å². The van der Waals surface area contributed by atoms with Crippen LogP contribution in [0, 0.1) is 0 Å². The number of likely N-dealkylation sites (tertiary alicyclic amines) is 1. The number of esters is 1. The minimum atomic E-state index is -0.419. The van der Waals surface area contributed by atoms with Crippen LogP contribution in [0.25, 0.3) is 0 Å². The van der Waals surface area contributed by atoms with Crippen LogP contribution in [0.4, 0.5) is 5.69 Å². The minimum absolute atomic E-state index is 0.145. The van der Waals surface area contributed by atoms with Crippen molar-refractivity contribution in [2.75, 3.05) is 25.0 Å². The third-order valence-corrected chi connectivity index (χ3v) is 4.50. The van der Waals surface area contributed by atoms with E-state index in [1.54, 1.807) is 54.3 Å². The van der Waals surface area contributed by atoms with Gasteiger partial charge in [-0.3, -0.25) is 9.59 Å². The smallest absolute Gasteiger partial charge is 0.338 e. The fourth-order valence-electron chi connectivity index (χ4n) is 3.04. The Labute approximate surface area is 163 Å². The van der Waals surface area contributed by atoms with Crippen molar-refractivity contribution in [1.82, 2.24) is 9.88 Å². The van der Waals surface area contributed by atoms with E-state index in [-0.39, 0.29) is 17.3 Å². The van der Waals surface area contributed by atoms with Crippen LogP contribution in [0.3, 0.4) is 0 Å². The number of nitrogens with zero attached hydrogens (tertiary/aromatic N) is 2. The molecule has 2 aromatic rings. The van der Waals surface area contributed by atoms with Gasteiger partial charge in [-0.1, -0.05) is 6.07 Å². The van der Waals surface area contributed by atoms with Crippen molar-refractivity contribution in [3.05, 3.63) is 59.4 Å². The van der Waals surface area contributed by atoms with Crippen molar-refractivity contribution >= 4 is 23.5 Å². The quantitative estimate of drug-likeness (QED) is 0.804. The van der Waals surface area contributed by atoms with Crippen LogP contribution >= 0.6 is 0 Å². The van der Waals surface area contributed by atoms with Gasteiger partial charge in [0, 0.05) is 18.8 Å². The molecule has 0 saturated carbocycles. The van der Waals surface area contributed by atoms with Crippen LogP contribution in [-0.4, -0.2) is 47.4 Å². The van der Waals surface area contributed by atoms with Gasteiger partial charge in [-0.2, -0.15) is 0 Å². The molecule has 1 aromatic carbocycles. The zero-order valence-electron chi connectivity index (χ0n) is 15.8. The first kappa shape index (κ1) is 19.5. The molecule has 0 bridgehead atoms. The highest BCUT2D eigenvalue weighted by Crippen LogP contribution is 2.14. The summed E-state index contributed by atoms with van der Waals surface area (Å²) in [7, 11) is 0. The van der Waals surface area contributed by atoms with Crippen molar-refractivity contribution in [1.29, 1.82) is 0 Å². The molecule has 1 saturated heterocycles. The van der Waals surface area contributed by atoms with E-state index in [1.165, 1.54) is 0 Å². The van der Waals surface area contributed by atoms with E-state index < -0.39 is 11.9 Å². The summed E-state index contributed by atoms with van der Waals surface area (Å²) < 4.78 is 4.93. The second kappa shape index (κ2) is 9.12. The molecular formula is C21H23N3O4. The average Bonchev–Trinajstić information content (AvgIpc) is 2.74. The predicted octanol–water partition coefficient (Wildman–Crippen LogP) is 3.14. The number of nitrogens with one attached hydrogen (secondary N) is 1. The summed E-state index contributed by atoms with van der Waals surface area (Å²) in [5.41, 5.74) is 1.37. The maximum Gasteiger partial charge on any atom is 0.338 e. The molecule has 3 rings (SSSR count). The van der Waals surface area contributed by atoms with Gasteiger partial charge in [-0.25, -0.2) is 9.78 Å². The highest BCUT2D eigenvalue weighted by atomic mass is 16.5. The average molecular weight is 381 g/mol. The second-order valence-corrected chi connectivity index (χ2v) is 6.51. The molecule has 7 heteroatoms. The molecule has 0 unspecified atom stereocenters. The molecule has 0 radical (unpaired) electrons. The lowest BCUT2D eigenvalue weighted by atomic mass is 10.1. The molecular weight excluding hydrogens is 358 g/mol. The maximum absolute atomic E-state index is 12.6.